The predicted molar refractivity (Wildman–Crippen MR) is 82.1 cm³/mol. The van der Waals surface area contributed by atoms with E-state index in [1.807, 2.05) is 0 Å². The molecule has 0 aromatic carbocycles. The Morgan fingerprint density at radius 1 is 1.26 bits per heavy atom. The molecule has 0 aliphatic heterocycles. The van der Waals surface area contributed by atoms with Crippen LogP contribution in [0.15, 0.2) is 0 Å². The van der Waals surface area contributed by atoms with E-state index in [0.717, 1.165) is 32.4 Å². The zero-order valence-corrected chi connectivity index (χ0v) is 13.5. The van der Waals surface area contributed by atoms with Gasteiger partial charge in [0.25, 0.3) is 0 Å². The second kappa shape index (κ2) is 9.32. The molecule has 0 heterocycles. The topological polar surface area (TPSA) is 58.4 Å². The van der Waals surface area contributed by atoms with Gasteiger partial charge in [-0.05, 0) is 31.7 Å². The van der Waals surface area contributed by atoms with Gasteiger partial charge < -0.3 is 11.1 Å². The number of hydrogen-bond acceptors (Lipinski definition) is 3. The van der Waals surface area contributed by atoms with Gasteiger partial charge >= 0.3 is 0 Å². The Bertz CT molecular complexity index is 242. The minimum atomic E-state index is -0.0376. The fourth-order valence-electron chi connectivity index (χ4n) is 2.46. The van der Waals surface area contributed by atoms with E-state index < -0.39 is 0 Å². The summed E-state index contributed by atoms with van der Waals surface area (Å²) in [6.07, 6.45) is 2.99. The summed E-state index contributed by atoms with van der Waals surface area (Å²) in [7, 11) is 0. The van der Waals surface area contributed by atoms with Crippen LogP contribution in [0, 0.1) is 5.92 Å². The minimum Gasteiger partial charge on any atom is -0.355 e. The lowest BCUT2D eigenvalue weighted by Gasteiger charge is -2.41. The molecule has 0 rings (SSSR count). The molecule has 1 amide bonds. The molecule has 0 aliphatic rings. The molecule has 4 heteroatoms. The highest BCUT2D eigenvalue weighted by Gasteiger charge is 2.32. The van der Waals surface area contributed by atoms with Crippen LogP contribution in [0.3, 0.4) is 0 Å². The van der Waals surface area contributed by atoms with Gasteiger partial charge in [-0.25, -0.2) is 0 Å². The Labute approximate surface area is 119 Å². The fraction of sp³-hybridized carbons (Fsp3) is 0.933. The van der Waals surface area contributed by atoms with Gasteiger partial charge in [0, 0.05) is 18.6 Å². The maximum Gasteiger partial charge on any atom is 0.234 e. The molecule has 0 saturated heterocycles. The average Bonchev–Trinajstić information content (AvgIpc) is 2.39. The number of carbonyl (C=O) groups excluding carboxylic acids is 1. The van der Waals surface area contributed by atoms with Gasteiger partial charge in [0.1, 0.15) is 0 Å². The van der Waals surface area contributed by atoms with Gasteiger partial charge in [-0.3, -0.25) is 9.69 Å². The molecular formula is C15H33N3O. The number of likely N-dealkylation sites (N-methyl/N-ethyl adjacent to an activating group) is 1. The first kappa shape index (κ1) is 18.4. The number of nitrogens with two attached hydrogens (primary N) is 1. The number of hydrogen-bond donors (Lipinski definition) is 2. The highest BCUT2D eigenvalue weighted by Crippen LogP contribution is 2.22. The molecule has 4 nitrogen and oxygen atoms in total. The first-order valence-corrected chi connectivity index (χ1v) is 7.67. The van der Waals surface area contributed by atoms with Crippen molar-refractivity contribution in [2.75, 3.05) is 26.2 Å². The van der Waals surface area contributed by atoms with E-state index in [9.17, 15) is 4.79 Å². The molecule has 3 N–H and O–H groups in total. The quantitative estimate of drug-likeness (QED) is 0.639. The first-order valence-electron chi connectivity index (χ1n) is 7.67. The number of rotatable bonds is 10. The highest BCUT2D eigenvalue weighted by molar-refractivity contribution is 5.78. The Hall–Kier alpha value is -0.610. The van der Waals surface area contributed by atoms with E-state index in [4.69, 9.17) is 5.73 Å². The van der Waals surface area contributed by atoms with Crippen LogP contribution >= 0.6 is 0 Å². The third-order valence-electron chi connectivity index (χ3n) is 4.13. The van der Waals surface area contributed by atoms with Crippen LogP contribution < -0.4 is 11.1 Å². The van der Waals surface area contributed by atoms with Gasteiger partial charge in [0.05, 0.1) is 6.54 Å². The summed E-state index contributed by atoms with van der Waals surface area (Å²) in [6, 6.07) is 0. The summed E-state index contributed by atoms with van der Waals surface area (Å²) in [6.45, 7) is 13.4. The Morgan fingerprint density at radius 2 is 1.84 bits per heavy atom. The highest BCUT2D eigenvalue weighted by atomic mass is 16.2. The molecular weight excluding hydrogens is 238 g/mol. The fourth-order valence-corrected chi connectivity index (χ4v) is 2.46. The zero-order valence-electron chi connectivity index (χ0n) is 13.5. The third kappa shape index (κ3) is 5.91. The molecule has 0 spiro atoms. The summed E-state index contributed by atoms with van der Waals surface area (Å²) in [5.41, 5.74) is 5.91. The minimum absolute atomic E-state index is 0.0376. The van der Waals surface area contributed by atoms with Gasteiger partial charge in [-0.15, -0.1) is 0 Å². The zero-order chi connectivity index (χ0) is 14.9. The molecule has 19 heavy (non-hydrogen) atoms. The van der Waals surface area contributed by atoms with Crippen molar-refractivity contribution in [3.05, 3.63) is 0 Å². The second-order valence-corrected chi connectivity index (χ2v) is 5.68. The van der Waals surface area contributed by atoms with Gasteiger partial charge in [0.15, 0.2) is 0 Å². The Kier molecular flexibility index (Phi) is 9.02. The van der Waals surface area contributed by atoms with Crippen molar-refractivity contribution < 1.29 is 4.79 Å². The van der Waals surface area contributed by atoms with Crippen molar-refractivity contribution in [3.8, 4) is 0 Å². The smallest absolute Gasteiger partial charge is 0.234 e. The van der Waals surface area contributed by atoms with Crippen LogP contribution in [0.25, 0.3) is 0 Å². The van der Waals surface area contributed by atoms with E-state index in [2.05, 4.69) is 44.8 Å². The standard InChI is InChI=1S/C15H33N3O/c1-6-15(7-2,12-16)18(8-3)11-14(19)17-10-9-13(4)5/h13H,6-12,16H2,1-5H3,(H,17,19). The van der Waals surface area contributed by atoms with Crippen LogP contribution in [-0.2, 0) is 4.79 Å². The normalized spacial score (nSPS) is 12.2. The number of amides is 1. The second-order valence-electron chi connectivity index (χ2n) is 5.68. The van der Waals surface area contributed by atoms with Crippen molar-refractivity contribution in [2.24, 2.45) is 11.7 Å². The van der Waals surface area contributed by atoms with Crippen LogP contribution in [0.2, 0.25) is 0 Å². The first-order chi connectivity index (χ1) is 8.95. The number of nitrogens with zero attached hydrogens (tertiary/aromatic N) is 1. The van der Waals surface area contributed by atoms with E-state index >= 15 is 0 Å². The molecule has 0 atom stereocenters. The van der Waals surface area contributed by atoms with Crippen molar-refractivity contribution in [2.45, 2.75) is 59.4 Å². The molecule has 0 unspecified atom stereocenters. The average molecular weight is 271 g/mol. The number of carbonyl (C=O) groups is 1. The molecule has 0 bridgehead atoms. The largest absolute Gasteiger partial charge is 0.355 e. The van der Waals surface area contributed by atoms with Crippen LogP contribution in [0.5, 0.6) is 0 Å². The van der Waals surface area contributed by atoms with Crippen LogP contribution in [-0.4, -0.2) is 42.5 Å². The van der Waals surface area contributed by atoms with Gasteiger partial charge in [-0.1, -0.05) is 34.6 Å². The molecule has 0 saturated carbocycles. The molecule has 0 aliphatic carbocycles. The van der Waals surface area contributed by atoms with E-state index in [0.29, 0.717) is 19.0 Å². The maximum atomic E-state index is 12.0. The Balaban J connectivity index is 4.42. The van der Waals surface area contributed by atoms with Gasteiger partial charge in [0.2, 0.25) is 5.91 Å². The predicted octanol–water partition coefficient (Wildman–Crippen LogP) is 1.99. The maximum absolute atomic E-state index is 12.0. The Morgan fingerprint density at radius 3 is 2.21 bits per heavy atom. The van der Waals surface area contributed by atoms with Crippen LogP contribution in [0.4, 0.5) is 0 Å². The number of nitrogens with one attached hydrogen (secondary N) is 1. The lowest BCUT2D eigenvalue weighted by Crippen LogP contribution is -2.56. The molecule has 0 aromatic rings. The monoisotopic (exact) mass is 271 g/mol. The molecule has 0 fully saturated rings. The van der Waals surface area contributed by atoms with Crippen molar-refractivity contribution in [1.29, 1.82) is 0 Å². The van der Waals surface area contributed by atoms with E-state index in [-0.39, 0.29) is 11.4 Å². The van der Waals surface area contributed by atoms with E-state index in [1.54, 1.807) is 0 Å². The van der Waals surface area contributed by atoms with Crippen molar-refractivity contribution in [3.63, 3.8) is 0 Å². The SMILES string of the molecule is CCN(CC(=O)NCCC(C)C)C(CC)(CC)CN. The van der Waals surface area contributed by atoms with Crippen molar-refractivity contribution in [1.82, 2.24) is 10.2 Å². The molecule has 0 aromatic heterocycles. The van der Waals surface area contributed by atoms with Crippen molar-refractivity contribution >= 4 is 5.91 Å². The lowest BCUT2D eigenvalue weighted by atomic mass is 9.90. The third-order valence-corrected chi connectivity index (χ3v) is 4.13. The summed E-state index contributed by atoms with van der Waals surface area (Å²) in [4.78, 5) is 14.2. The molecule has 0 radical (unpaired) electrons. The molecule has 114 valence electrons. The van der Waals surface area contributed by atoms with E-state index in [1.165, 1.54) is 0 Å². The van der Waals surface area contributed by atoms with Crippen LogP contribution in [0.1, 0.15) is 53.9 Å². The lowest BCUT2D eigenvalue weighted by molar-refractivity contribution is -0.124. The summed E-state index contributed by atoms with van der Waals surface area (Å²) >= 11 is 0. The van der Waals surface area contributed by atoms with Gasteiger partial charge in [-0.2, -0.15) is 0 Å². The summed E-state index contributed by atoms with van der Waals surface area (Å²) < 4.78 is 0. The summed E-state index contributed by atoms with van der Waals surface area (Å²) in [5.74, 6) is 0.735. The summed E-state index contributed by atoms with van der Waals surface area (Å²) in [5, 5.41) is 3.00.